The number of furan rings is 1. The fourth-order valence-electron chi connectivity index (χ4n) is 1.70. The molecule has 0 saturated heterocycles. The molecule has 3 N–H and O–H groups in total. The molecule has 7 heteroatoms. The minimum Gasteiger partial charge on any atom is -0.467 e. The van der Waals surface area contributed by atoms with Crippen LogP contribution >= 0.6 is 0 Å². The van der Waals surface area contributed by atoms with Crippen molar-refractivity contribution in [1.82, 2.24) is 16.0 Å². The molecule has 0 aliphatic carbocycles. The van der Waals surface area contributed by atoms with Crippen molar-refractivity contribution < 1.29 is 18.4 Å². The van der Waals surface area contributed by atoms with E-state index in [4.69, 9.17) is 4.42 Å². The summed E-state index contributed by atoms with van der Waals surface area (Å²) < 4.78 is 18.4. The standard InChI is InChI=1S/C15H16FN3O3/c16-13-6-2-1-4-11(13)8-18-15(21)19-10-14(20)17-9-12-5-3-7-22-12/h1-7H,8-10H2,(H,17,20)(H2,18,19,21). The molecule has 1 aromatic carbocycles. The average Bonchev–Trinajstić information content (AvgIpc) is 3.03. The molecule has 0 aliphatic heterocycles. The molecule has 0 unspecified atom stereocenters. The second-order valence-electron chi connectivity index (χ2n) is 4.48. The Morgan fingerprint density at radius 3 is 2.55 bits per heavy atom. The summed E-state index contributed by atoms with van der Waals surface area (Å²) in [5, 5.41) is 7.45. The monoisotopic (exact) mass is 305 g/mol. The number of carbonyl (C=O) groups excluding carboxylic acids is 2. The number of rotatable bonds is 6. The van der Waals surface area contributed by atoms with Gasteiger partial charge in [0.05, 0.1) is 19.4 Å². The van der Waals surface area contributed by atoms with Crippen LogP contribution in [0.1, 0.15) is 11.3 Å². The molecule has 2 aromatic rings. The van der Waals surface area contributed by atoms with Gasteiger partial charge in [-0.05, 0) is 18.2 Å². The number of carbonyl (C=O) groups is 2. The van der Waals surface area contributed by atoms with Crippen molar-refractivity contribution >= 4 is 11.9 Å². The zero-order valence-electron chi connectivity index (χ0n) is 11.8. The molecule has 116 valence electrons. The van der Waals surface area contributed by atoms with E-state index >= 15 is 0 Å². The maximum Gasteiger partial charge on any atom is 0.315 e. The predicted molar refractivity (Wildman–Crippen MR) is 77.2 cm³/mol. The number of benzene rings is 1. The van der Waals surface area contributed by atoms with E-state index in [1.165, 1.54) is 12.3 Å². The Bertz CT molecular complexity index is 629. The topological polar surface area (TPSA) is 83.4 Å². The molecule has 0 radical (unpaired) electrons. The normalized spacial score (nSPS) is 10.0. The summed E-state index contributed by atoms with van der Waals surface area (Å²) in [6.07, 6.45) is 1.51. The largest absolute Gasteiger partial charge is 0.467 e. The first-order valence-corrected chi connectivity index (χ1v) is 6.69. The van der Waals surface area contributed by atoms with Crippen molar-refractivity contribution in [2.24, 2.45) is 0 Å². The first kappa shape index (κ1) is 15.6. The number of nitrogens with one attached hydrogen (secondary N) is 3. The van der Waals surface area contributed by atoms with Crippen molar-refractivity contribution in [3.63, 3.8) is 0 Å². The van der Waals surface area contributed by atoms with Gasteiger partial charge in [-0.25, -0.2) is 9.18 Å². The third-order valence-electron chi connectivity index (χ3n) is 2.85. The van der Waals surface area contributed by atoms with E-state index in [0.29, 0.717) is 11.3 Å². The second kappa shape index (κ2) is 7.82. The Balaban J connectivity index is 1.65. The second-order valence-corrected chi connectivity index (χ2v) is 4.48. The Kier molecular flexibility index (Phi) is 5.53. The molecule has 0 fully saturated rings. The maximum absolute atomic E-state index is 13.3. The number of amides is 3. The molecule has 1 aromatic heterocycles. The molecule has 2 rings (SSSR count). The average molecular weight is 305 g/mol. The molecule has 22 heavy (non-hydrogen) atoms. The van der Waals surface area contributed by atoms with Crippen LogP contribution in [0, 0.1) is 5.82 Å². The number of hydrogen-bond acceptors (Lipinski definition) is 3. The Labute approximate surface area is 126 Å². The molecule has 0 atom stereocenters. The summed E-state index contributed by atoms with van der Waals surface area (Å²) in [4.78, 5) is 23.0. The highest BCUT2D eigenvalue weighted by atomic mass is 19.1. The molecule has 0 aliphatic rings. The summed E-state index contributed by atoms with van der Waals surface area (Å²) in [7, 11) is 0. The van der Waals surface area contributed by atoms with Crippen LogP contribution in [-0.2, 0) is 17.9 Å². The van der Waals surface area contributed by atoms with Gasteiger partial charge in [0, 0.05) is 12.1 Å². The lowest BCUT2D eigenvalue weighted by molar-refractivity contribution is -0.120. The van der Waals surface area contributed by atoms with Gasteiger partial charge in [0.1, 0.15) is 11.6 Å². The van der Waals surface area contributed by atoms with Crippen LogP contribution in [0.4, 0.5) is 9.18 Å². The number of hydrogen-bond donors (Lipinski definition) is 3. The lowest BCUT2D eigenvalue weighted by Gasteiger charge is -2.08. The van der Waals surface area contributed by atoms with E-state index in [-0.39, 0.29) is 31.4 Å². The number of urea groups is 1. The van der Waals surface area contributed by atoms with E-state index in [2.05, 4.69) is 16.0 Å². The lowest BCUT2D eigenvalue weighted by atomic mass is 10.2. The zero-order valence-corrected chi connectivity index (χ0v) is 11.8. The van der Waals surface area contributed by atoms with E-state index in [1.807, 2.05) is 0 Å². The Morgan fingerprint density at radius 1 is 1.00 bits per heavy atom. The Morgan fingerprint density at radius 2 is 1.82 bits per heavy atom. The predicted octanol–water partition coefficient (Wildman–Crippen LogP) is 1.53. The summed E-state index contributed by atoms with van der Waals surface area (Å²) in [6.45, 7) is 0.126. The van der Waals surface area contributed by atoms with Gasteiger partial charge in [-0.2, -0.15) is 0 Å². The molecule has 0 spiro atoms. The van der Waals surface area contributed by atoms with E-state index in [0.717, 1.165) is 0 Å². The molecule has 3 amide bonds. The highest BCUT2D eigenvalue weighted by molar-refractivity contribution is 5.83. The third-order valence-corrected chi connectivity index (χ3v) is 2.85. The van der Waals surface area contributed by atoms with Crippen molar-refractivity contribution in [3.05, 3.63) is 59.8 Å². The summed E-state index contributed by atoms with van der Waals surface area (Å²) in [5.41, 5.74) is 0.375. The van der Waals surface area contributed by atoms with Gasteiger partial charge in [-0.3, -0.25) is 4.79 Å². The summed E-state index contributed by atoms with van der Waals surface area (Å²) in [6, 6.07) is 9.05. The van der Waals surface area contributed by atoms with Crippen molar-refractivity contribution in [1.29, 1.82) is 0 Å². The van der Waals surface area contributed by atoms with Crippen LogP contribution in [0.2, 0.25) is 0 Å². The summed E-state index contributed by atoms with van der Waals surface area (Å²) in [5.74, 6) is -0.117. The third kappa shape index (κ3) is 4.93. The van der Waals surface area contributed by atoms with Crippen LogP contribution in [0.5, 0.6) is 0 Å². The summed E-state index contributed by atoms with van der Waals surface area (Å²) >= 11 is 0. The quantitative estimate of drug-likeness (QED) is 0.757. The van der Waals surface area contributed by atoms with Crippen LogP contribution < -0.4 is 16.0 Å². The van der Waals surface area contributed by atoms with Crippen LogP contribution in [0.15, 0.2) is 47.1 Å². The van der Waals surface area contributed by atoms with Gasteiger partial charge in [0.15, 0.2) is 0 Å². The molecule has 0 saturated carbocycles. The fourth-order valence-corrected chi connectivity index (χ4v) is 1.70. The SMILES string of the molecule is O=C(CNC(=O)NCc1ccccc1F)NCc1ccco1. The van der Waals surface area contributed by atoms with Gasteiger partial charge < -0.3 is 20.4 Å². The van der Waals surface area contributed by atoms with E-state index in [1.54, 1.807) is 30.3 Å². The van der Waals surface area contributed by atoms with Crippen molar-refractivity contribution in [2.75, 3.05) is 6.54 Å². The van der Waals surface area contributed by atoms with Crippen LogP contribution in [-0.4, -0.2) is 18.5 Å². The number of halogens is 1. The maximum atomic E-state index is 13.3. The molecule has 6 nitrogen and oxygen atoms in total. The minimum atomic E-state index is -0.545. The zero-order chi connectivity index (χ0) is 15.8. The van der Waals surface area contributed by atoms with Crippen LogP contribution in [0.3, 0.4) is 0 Å². The lowest BCUT2D eigenvalue weighted by Crippen LogP contribution is -2.41. The smallest absolute Gasteiger partial charge is 0.315 e. The van der Waals surface area contributed by atoms with Crippen LogP contribution in [0.25, 0.3) is 0 Å². The minimum absolute atomic E-state index is 0.0481. The highest BCUT2D eigenvalue weighted by Gasteiger charge is 2.07. The molecule has 1 heterocycles. The van der Waals surface area contributed by atoms with Crippen molar-refractivity contribution in [2.45, 2.75) is 13.1 Å². The first-order valence-electron chi connectivity index (χ1n) is 6.69. The highest BCUT2D eigenvalue weighted by Crippen LogP contribution is 2.05. The fraction of sp³-hybridized carbons (Fsp3) is 0.200. The molecular weight excluding hydrogens is 289 g/mol. The van der Waals surface area contributed by atoms with Gasteiger partial charge in [0.25, 0.3) is 0 Å². The van der Waals surface area contributed by atoms with Gasteiger partial charge in [-0.1, -0.05) is 18.2 Å². The van der Waals surface area contributed by atoms with Gasteiger partial charge in [-0.15, -0.1) is 0 Å². The molecule has 0 bridgehead atoms. The van der Waals surface area contributed by atoms with Crippen molar-refractivity contribution in [3.8, 4) is 0 Å². The van der Waals surface area contributed by atoms with E-state index in [9.17, 15) is 14.0 Å². The van der Waals surface area contributed by atoms with Gasteiger partial charge >= 0.3 is 6.03 Å². The van der Waals surface area contributed by atoms with E-state index < -0.39 is 6.03 Å². The molecular formula is C15H16FN3O3. The Hall–Kier alpha value is -2.83. The van der Waals surface area contributed by atoms with Gasteiger partial charge in [0.2, 0.25) is 5.91 Å². The first-order chi connectivity index (χ1) is 10.6.